The van der Waals surface area contributed by atoms with Crippen LogP contribution in [0, 0.1) is 17.5 Å². The Hall–Kier alpha value is -1.49. The molecule has 0 aliphatic rings. The second kappa shape index (κ2) is 6.30. The zero-order valence-electron chi connectivity index (χ0n) is 8.64. The minimum atomic E-state index is -1.66. The van der Waals surface area contributed by atoms with Gasteiger partial charge < -0.3 is 5.32 Å². The van der Waals surface area contributed by atoms with E-state index in [9.17, 15) is 18.0 Å². The van der Waals surface area contributed by atoms with Gasteiger partial charge in [0.2, 0.25) is 0 Å². The van der Waals surface area contributed by atoms with E-state index in [1.54, 1.807) is 12.2 Å². The van der Waals surface area contributed by atoms with Crippen molar-refractivity contribution >= 4 is 17.5 Å². The molecule has 0 unspecified atom stereocenters. The summed E-state index contributed by atoms with van der Waals surface area (Å²) in [6.07, 6.45) is 3.14. The molecule has 1 N–H and O–H groups in total. The zero-order valence-corrected chi connectivity index (χ0v) is 9.40. The van der Waals surface area contributed by atoms with E-state index in [1.165, 1.54) is 0 Å². The highest BCUT2D eigenvalue weighted by atomic mass is 35.5. The van der Waals surface area contributed by atoms with Crippen LogP contribution in [0.1, 0.15) is 10.4 Å². The SMILES string of the molecule is O=C(NC/C=C/CCl)c1ccc(F)c(F)c1F. The van der Waals surface area contributed by atoms with Crippen LogP contribution >= 0.6 is 11.6 Å². The van der Waals surface area contributed by atoms with Crippen LogP contribution in [0.25, 0.3) is 0 Å². The molecule has 0 aromatic heterocycles. The standard InChI is InChI=1S/C11H9ClF3NO/c12-5-1-2-6-16-11(17)7-3-4-8(13)10(15)9(7)14/h1-4H,5-6H2,(H,16,17)/b2-1+. The quantitative estimate of drug-likeness (QED) is 0.505. The first kappa shape index (κ1) is 13.6. The van der Waals surface area contributed by atoms with E-state index < -0.39 is 28.9 Å². The summed E-state index contributed by atoms with van der Waals surface area (Å²) in [6.45, 7) is 0.129. The van der Waals surface area contributed by atoms with E-state index in [0.717, 1.165) is 6.07 Å². The third-order valence-corrected chi connectivity index (χ3v) is 2.09. The monoisotopic (exact) mass is 263 g/mol. The summed E-state index contributed by atoms with van der Waals surface area (Å²) in [5.41, 5.74) is -0.539. The van der Waals surface area contributed by atoms with E-state index in [4.69, 9.17) is 11.6 Å². The lowest BCUT2D eigenvalue weighted by Crippen LogP contribution is -2.25. The molecule has 0 spiro atoms. The third-order valence-electron chi connectivity index (χ3n) is 1.92. The molecule has 0 bridgehead atoms. The first-order chi connectivity index (χ1) is 8.07. The van der Waals surface area contributed by atoms with Gasteiger partial charge in [-0.3, -0.25) is 4.79 Å². The van der Waals surface area contributed by atoms with Crippen LogP contribution in [0.15, 0.2) is 24.3 Å². The highest BCUT2D eigenvalue weighted by molar-refractivity contribution is 6.18. The van der Waals surface area contributed by atoms with E-state index >= 15 is 0 Å². The van der Waals surface area contributed by atoms with Crippen molar-refractivity contribution < 1.29 is 18.0 Å². The van der Waals surface area contributed by atoms with Gasteiger partial charge in [0.15, 0.2) is 17.5 Å². The summed E-state index contributed by atoms with van der Waals surface area (Å²) in [5, 5.41) is 2.31. The van der Waals surface area contributed by atoms with Crippen molar-refractivity contribution in [1.29, 1.82) is 0 Å². The van der Waals surface area contributed by atoms with Crippen LogP contribution in [-0.4, -0.2) is 18.3 Å². The van der Waals surface area contributed by atoms with Gasteiger partial charge in [0.1, 0.15) is 0 Å². The summed E-state index contributed by atoms with van der Waals surface area (Å²) < 4.78 is 38.6. The van der Waals surface area contributed by atoms with E-state index in [2.05, 4.69) is 5.32 Å². The van der Waals surface area contributed by atoms with Crippen molar-refractivity contribution in [3.63, 3.8) is 0 Å². The van der Waals surface area contributed by atoms with Crippen LogP contribution < -0.4 is 5.32 Å². The zero-order chi connectivity index (χ0) is 12.8. The number of rotatable bonds is 4. The number of carbonyl (C=O) groups excluding carboxylic acids is 1. The molecule has 0 fully saturated rings. The van der Waals surface area contributed by atoms with Crippen LogP contribution in [0.5, 0.6) is 0 Å². The molecule has 1 aromatic rings. The molecule has 1 aromatic carbocycles. The fourth-order valence-electron chi connectivity index (χ4n) is 1.09. The Bertz CT molecular complexity index is 449. The fraction of sp³-hybridized carbons (Fsp3) is 0.182. The molecule has 17 heavy (non-hydrogen) atoms. The number of allylic oxidation sites excluding steroid dienone is 1. The smallest absolute Gasteiger partial charge is 0.254 e. The van der Waals surface area contributed by atoms with Crippen LogP contribution in [0.2, 0.25) is 0 Å². The molecule has 0 heterocycles. The summed E-state index contributed by atoms with van der Waals surface area (Å²) >= 11 is 5.35. The first-order valence-electron chi connectivity index (χ1n) is 4.70. The molecule has 1 rings (SSSR count). The molecule has 0 aliphatic carbocycles. The van der Waals surface area contributed by atoms with Crippen molar-refractivity contribution in [2.75, 3.05) is 12.4 Å². The number of alkyl halides is 1. The second-order valence-corrected chi connectivity index (χ2v) is 3.37. The van der Waals surface area contributed by atoms with Gasteiger partial charge in [-0.1, -0.05) is 12.2 Å². The molecule has 0 saturated heterocycles. The number of halogens is 4. The Morgan fingerprint density at radius 3 is 2.59 bits per heavy atom. The van der Waals surface area contributed by atoms with Gasteiger partial charge in [0.25, 0.3) is 5.91 Å². The number of hydrogen-bond donors (Lipinski definition) is 1. The Morgan fingerprint density at radius 2 is 1.94 bits per heavy atom. The van der Waals surface area contributed by atoms with Gasteiger partial charge in [-0.25, -0.2) is 13.2 Å². The molecule has 0 radical (unpaired) electrons. The first-order valence-corrected chi connectivity index (χ1v) is 5.24. The Kier molecular flexibility index (Phi) is 5.03. The van der Waals surface area contributed by atoms with E-state index in [1.807, 2.05) is 0 Å². The molecule has 0 saturated carbocycles. The minimum Gasteiger partial charge on any atom is -0.348 e. The molecule has 2 nitrogen and oxygen atoms in total. The van der Waals surface area contributed by atoms with Gasteiger partial charge in [-0.15, -0.1) is 11.6 Å². The maximum Gasteiger partial charge on any atom is 0.254 e. The molecular formula is C11H9ClF3NO. The van der Waals surface area contributed by atoms with Gasteiger partial charge in [0, 0.05) is 12.4 Å². The lowest BCUT2D eigenvalue weighted by atomic mass is 10.2. The molecular weight excluding hydrogens is 255 g/mol. The van der Waals surface area contributed by atoms with Crippen LogP contribution in [0.3, 0.4) is 0 Å². The number of amides is 1. The lowest BCUT2D eigenvalue weighted by Gasteiger charge is -2.04. The summed E-state index contributed by atoms with van der Waals surface area (Å²) in [6, 6.07) is 1.58. The Labute approximate surface area is 101 Å². The number of hydrogen-bond acceptors (Lipinski definition) is 1. The topological polar surface area (TPSA) is 29.1 Å². The van der Waals surface area contributed by atoms with Crippen LogP contribution in [0.4, 0.5) is 13.2 Å². The average molecular weight is 264 g/mol. The number of carbonyl (C=O) groups is 1. The minimum absolute atomic E-state index is 0.129. The molecule has 6 heteroatoms. The lowest BCUT2D eigenvalue weighted by molar-refractivity contribution is 0.0952. The Balaban J connectivity index is 2.76. The number of nitrogens with one attached hydrogen (secondary N) is 1. The highest BCUT2D eigenvalue weighted by Crippen LogP contribution is 2.14. The Morgan fingerprint density at radius 1 is 1.24 bits per heavy atom. The molecule has 1 amide bonds. The summed E-state index contributed by atoms with van der Waals surface area (Å²) in [7, 11) is 0. The van der Waals surface area contributed by atoms with Gasteiger partial charge in [0.05, 0.1) is 5.56 Å². The largest absolute Gasteiger partial charge is 0.348 e. The number of benzene rings is 1. The maximum absolute atomic E-state index is 13.2. The van der Waals surface area contributed by atoms with Gasteiger partial charge >= 0.3 is 0 Å². The van der Waals surface area contributed by atoms with E-state index in [-0.39, 0.29) is 12.4 Å². The van der Waals surface area contributed by atoms with Gasteiger partial charge in [-0.2, -0.15) is 0 Å². The van der Waals surface area contributed by atoms with Crippen molar-refractivity contribution in [2.24, 2.45) is 0 Å². The van der Waals surface area contributed by atoms with E-state index in [0.29, 0.717) is 6.07 Å². The average Bonchev–Trinajstić information content (AvgIpc) is 2.31. The highest BCUT2D eigenvalue weighted by Gasteiger charge is 2.17. The van der Waals surface area contributed by atoms with Crippen molar-refractivity contribution in [3.8, 4) is 0 Å². The van der Waals surface area contributed by atoms with Crippen molar-refractivity contribution in [3.05, 3.63) is 47.3 Å². The summed E-state index contributed by atoms with van der Waals surface area (Å²) in [5.74, 6) is -5.02. The van der Waals surface area contributed by atoms with Crippen molar-refractivity contribution in [1.82, 2.24) is 5.32 Å². The predicted octanol–water partition coefficient (Wildman–Crippen LogP) is 2.63. The fourth-order valence-corrected chi connectivity index (χ4v) is 1.22. The molecule has 0 atom stereocenters. The van der Waals surface area contributed by atoms with Gasteiger partial charge in [-0.05, 0) is 12.1 Å². The predicted molar refractivity (Wildman–Crippen MR) is 58.5 cm³/mol. The molecule has 0 aliphatic heterocycles. The molecule has 92 valence electrons. The maximum atomic E-state index is 13.2. The van der Waals surface area contributed by atoms with Crippen LogP contribution in [-0.2, 0) is 0 Å². The normalized spacial score (nSPS) is 10.8. The summed E-state index contributed by atoms with van der Waals surface area (Å²) in [4.78, 5) is 11.4. The second-order valence-electron chi connectivity index (χ2n) is 3.06. The van der Waals surface area contributed by atoms with Crippen molar-refractivity contribution in [2.45, 2.75) is 0 Å². The third kappa shape index (κ3) is 3.49.